The molecule has 0 radical (unpaired) electrons. The standard InChI is InChI=1S/C17H32N2O3/c1-22-13-12-19-11-7-10-17(21,16(19)20)14-18-15-8-5-3-2-4-6-9-15/h15,18,21H,2-14H2,1H3/t17-/m1/s1. The largest absolute Gasteiger partial charge is 0.383 e. The molecule has 1 aliphatic heterocycles. The smallest absolute Gasteiger partial charge is 0.255 e. The summed E-state index contributed by atoms with van der Waals surface area (Å²) in [5.41, 5.74) is -1.23. The van der Waals surface area contributed by atoms with Crippen LogP contribution in [0.5, 0.6) is 0 Å². The minimum Gasteiger partial charge on any atom is -0.383 e. The minimum atomic E-state index is -1.23. The highest BCUT2D eigenvalue weighted by molar-refractivity contribution is 5.86. The summed E-state index contributed by atoms with van der Waals surface area (Å²) in [7, 11) is 1.64. The van der Waals surface area contributed by atoms with Crippen molar-refractivity contribution in [2.45, 2.75) is 69.4 Å². The van der Waals surface area contributed by atoms with Gasteiger partial charge in [0.15, 0.2) is 5.60 Å². The molecule has 22 heavy (non-hydrogen) atoms. The number of piperidine rings is 1. The van der Waals surface area contributed by atoms with Gasteiger partial charge in [-0.15, -0.1) is 0 Å². The molecule has 1 saturated carbocycles. The van der Waals surface area contributed by atoms with Crippen molar-refractivity contribution >= 4 is 5.91 Å². The maximum Gasteiger partial charge on any atom is 0.255 e. The van der Waals surface area contributed by atoms with Crippen LogP contribution in [0.15, 0.2) is 0 Å². The summed E-state index contributed by atoms with van der Waals surface area (Å²) >= 11 is 0. The lowest BCUT2D eigenvalue weighted by molar-refractivity contribution is -0.157. The summed E-state index contributed by atoms with van der Waals surface area (Å²) in [6.45, 7) is 2.22. The molecule has 1 saturated heterocycles. The molecule has 2 aliphatic rings. The summed E-state index contributed by atoms with van der Waals surface area (Å²) in [4.78, 5) is 14.3. The highest BCUT2D eigenvalue weighted by Crippen LogP contribution is 2.23. The first-order valence-corrected chi connectivity index (χ1v) is 8.90. The average Bonchev–Trinajstić information content (AvgIpc) is 2.48. The summed E-state index contributed by atoms with van der Waals surface area (Å²) in [5, 5.41) is 14.2. The third-order valence-corrected chi connectivity index (χ3v) is 5.06. The van der Waals surface area contributed by atoms with Crippen LogP contribution >= 0.6 is 0 Å². The van der Waals surface area contributed by atoms with Gasteiger partial charge < -0.3 is 20.1 Å². The van der Waals surface area contributed by atoms with E-state index >= 15 is 0 Å². The predicted molar refractivity (Wildman–Crippen MR) is 86.7 cm³/mol. The molecule has 1 heterocycles. The third-order valence-electron chi connectivity index (χ3n) is 5.06. The van der Waals surface area contributed by atoms with Crippen molar-refractivity contribution in [1.29, 1.82) is 0 Å². The van der Waals surface area contributed by atoms with Crippen LogP contribution in [-0.2, 0) is 9.53 Å². The molecule has 0 aromatic rings. The van der Waals surface area contributed by atoms with Crippen molar-refractivity contribution in [3.63, 3.8) is 0 Å². The van der Waals surface area contributed by atoms with Crippen LogP contribution in [0.4, 0.5) is 0 Å². The van der Waals surface area contributed by atoms with E-state index in [1.807, 2.05) is 0 Å². The van der Waals surface area contributed by atoms with E-state index in [0.29, 0.717) is 32.2 Å². The van der Waals surface area contributed by atoms with Crippen LogP contribution in [-0.4, -0.2) is 60.9 Å². The molecule has 0 unspecified atom stereocenters. The molecule has 128 valence electrons. The summed E-state index contributed by atoms with van der Waals surface area (Å²) in [6, 6.07) is 0.450. The number of nitrogens with one attached hydrogen (secondary N) is 1. The predicted octanol–water partition coefficient (Wildman–Crippen LogP) is 1.69. The first-order valence-electron chi connectivity index (χ1n) is 8.90. The van der Waals surface area contributed by atoms with E-state index in [9.17, 15) is 9.90 Å². The fourth-order valence-electron chi connectivity index (χ4n) is 3.62. The molecular formula is C17H32N2O3. The van der Waals surface area contributed by atoms with E-state index in [-0.39, 0.29) is 5.91 Å². The molecule has 0 bridgehead atoms. The molecule has 1 aliphatic carbocycles. The van der Waals surface area contributed by atoms with Gasteiger partial charge in [0.05, 0.1) is 6.61 Å². The number of amides is 1. The Balaban J connectivity index is 1.84. The second kappa shape index (κ2) is 8.85. The Hall–Kier alpha value is -0.650. The Morgan fingerprint density at radius 3 is 2.59 bits per heavy atom. The maximum atomic E-state index is 12.5. The van der Waals surface area contributed by atoms with Gasteiger partial charge in [-0.2, -0.15) is 0 Å². The van der Waals surface area contributed by atoms with E-state index < -0.39 is 5.60 Å². The Labute approximate surface area is 134 Å². The fraction of sp³-hybridized carbons (Fsp3) is 0.941. The summed E-state index contributed by atoms with van der Waals surface area (Å²) in [6.07, 6.45) is 10.2. The summed E-state index contributed by atoms with van der Waals surface area (Å²) < 4.78 is 5.05. The number of hydrogen-bond acceptors (Lipinski definition) is 4. The van der Waals surface area contributed by atoms with Gasteiger partial charge in [-0.1, -0.05) is 32.1 Å². The van der Waals surface area contributed by atoms with Crippen molar-refractivity contribution in [3.8, 4) is 0 Å². The average molecular weight is 312 g/mol. The van der Waals surface area contributed by atoms with Crippen LogP contribution < -0.4 is 5.32 Å². The van der Waals surface area contributed by atoms with E-state index in [1.54, 1.807) is 12.0 Å². The van der Waals surface area contributed by atoms with E-state index in [2.05, 4.69) is 5.32 Å². The number of nitrogens with zero attached hydrogens (tertiary/aromatic N) is 1. The van der Waals surface area contributed by atoms with Gasteiger partial charge in [0, 0.05) is 32.8 Å². The molecule has 2 rings (SSSR count). The van der Waals surface area contributed by atoms with Crippen LogP contribution in [0.2, 0.25) is 0 Å². The van der Waals surface area contributed by atoms with Gasteiger partial charge in [0.1, 0.15) is 0 Å². The number of likely N-dealkylation sites (tertiary alicyclic amines) is 1. The lowest BCUT2D eigenvalue weighted by Crippen LogP contribution is -2.59. The zero-order valence-corrected chi connectivity index (χ0v) is 14.0. The third kappa shape index (κ3) is 4.93. The lowest BCUT2D eigenvalue weighted by atomic mass is 9.90. The Morgan fingerprint density at radius 2 is 1.91 bits per heavy atom. The molecule has 0 aromatic heterocycles. The van der Waals surface area contributed by atoms with E-state index in [4.69, 9.17) is 4.74 Å². The zero-order valence-electron chi connectivity index (χ0n) is 14.0. The van der Waals surface area contributed by atoms with Crippen molar-refractivity contribution in [2.24, 2.45) is 0 Å². The van der Waals surface area contributed by atoms with Crippen molar-refractivity contribution in [2.75, 3.05) is 33.4 Å². The zero-order chi connectivity index (χ0) is 15.8. The number of aliphatic hydroxyl groups is 1. The highest BCUT2D eigenvalue weighted by Gasteiger charge is 2.42. The number of methoxy groups -OCH3 is 1. The van der Waals surface area contributed by atoms with Crippen molar-refractivity contribution < 1.29 is 14.6 Å². The van der Waals surface area contributed by atoms with Gasteiger partial charge in [0.2, 0.25) is 0 Å². The normalized spacial score (nSPS) is 28.5. The second-order valence-electron chi connectivity index (χ2n) is 6.84. The van der Waals surface area contributed by atoms with Crippen LogP contribution in [0.25, 0.3) is 0 Å². The van der Waals surface area contributed by atoms with Crippen molar-refractivity contribution in [3.05, 3.63) is 0 Å². The first kappa shape index (κ1) is 17.7. The monoisotopic (exact) mass is 312 g/mol. The van der Waals surface area contributed by atoms with Gasteiger partial charge in [-0.3, -0.25) is 4.79 Å². The van der Waals surface area contributed by atoms with Gasteiger partial charge in [-0.05, 0) is 25.7 Å². The molecule has 1 atom stereocenters. The highest BCUT2D eigenvalue weighted by atomic mass is 16.5. The lowest BCUT2D eigenvalue weighted by Gasteiger charge is -2.39. The van der Waals surface area contributed by atoms with Crippen LogP contribution in [0.1, 0.15) is 57.8 Å². The molecular weight excluding hydrogens is 280 g/mol. The SMILES string of the molecule is COCCN1CCC[C@@](O)(CNC2CCCCCCC2)C1=O. The number of hydrogen-bond donors (Lipinski definition) is 2. The van der Waals surface area contributed by atoms with Gasteiger partial charge in [-0.25, -0.2) is 0 Å². The molecule has 0 aromatic carbocycles. The fourth-order valence-corrected chi connectivity index (χ4v) is 3.62. The summed E-state index contributed by atoms with van der Waals surface area (Å²) in [5.74, 6) is -0.130. The molecule has 2 fully saturated rings. The van der Waals surface area contributed by atoms with Crippen LogP contribution in [0.3, 0.4) is 0 Å². The van der Waals surface area contributed by atoms with Gasteiger partial charge >= 0.3 is 0 Å². The molecule has 0 spiro atoms. The van der Waals surface area contributed by atoms with E-state index in [0.717, 1.165) is 25.8 Å². The van der Waals surface area contributed by atoms with Crippen molar-refractivity contribution in [1.82, 2.24) is 10.2 Å². The quantitative estimate of drug-likeness (QED) is 0.783. The second-order valence-corrected chi connectivity index (χ2v) is 6.84. The minimum absolute atomic E-state index is 0.130. The molecule has 1 amide bonds. The number of carbonyl (C=O) groups is 1. The Kier molecular flexibility index (Phi) is 7.12. The Bertz CT molecular complexity index is 343. The number of ether oxygens (including phenoxy) is 1. The molecule has 5 heteroatoms. The van der Waals surface area contributed by atoms with Gasteiger partial charge in [0.25, 0.3) is 5.91 Å². The van der Waals surface area contributed by atoms with Crippen LogP contribution in [0, 0.1) is 0 Å². The first-order chi connectivity index (χ1) is 10.7. The van der Waals surface area contributed by atoms with E-state index in [1.165, 1.54) is 32.1 Å². The maximum absolute atomic E-state index is 12.5. The topological polar surface area (TPSA) is 61.8 Å². The Morgan fingerprint density at radius 1 is 1.23 bits per heavy atom. The number of carbonyl (C=O) groups excluding carboxylic acids is 1. The number of rotatable bonds is 6. The molecule has 2 N–H and O–H groups in total. The molecule has 5 nitrogen and oxygen atoms in total.